The number of rotatable bonds is 5. The number of thiazole rings is 1. The van der Waals surface area contributed by atoms with E-state index in [1.165, 1.54) is 22.5 Å². The molecule has 0 unspecified atom stereocenters. The molecule has 1 heterocycles. The highest BCUT2D eigenvalue weighted by molar-refractivity contribution is 7.15. The van der Waals surface area contributed by atoms with Gasteiger partial charge in [0.05, 0.1) is 0 Å². The Morgan fingerprint density at radius 2 is 1.80 bits per heavy atom. The number of aromatic nitrogens is 1. The van der Waals surface area contributed by atoms with Crippen LogP contribution in [-0.4, -0.2) is 17.1 Å². The van der Waals surface area contributed by atoms with Crippen molar-refractivity contribution in [1.82, 2.24) is 10.3 Å². The van der Waals surface area contributed by atoms with Gasteiger partial charge in [0.25, 0.3) is 0 Å². The third-order valence-corrected chi connectivity index (χ3v) is 5.24. The maximum Gasteiger partial charge on any atom is 0.321 e. The minimum absolute atomic E-state index is 0.177. The first-order chi connectivity index (χ1) is 12.3. The predicted molar refractivity (Wildman–Crippen MR) is 101 cm³/mol. The molecule has 2 amide bonds. The summed E-state index contributed by atoms with van der Waals surface area (Å²) in [5.41, 5.74) is 2.53. The lowest BCUT2D eigenvalue weighted by Gasteiger charge is -2.05. The van der Waals surface area contributed by atoms with Crippen LogP contribution in [0.2, 0.25) is 0 Å². The van der Waals surface area contributed by atoms with Crippen molar-refractivity contribution >= 4 is 22.5 Å². The molecule has 0 aliphatic heterocycles. The van der Waals surface area contributed by atoms with Gasteiger partial charge < -0.3 is 5.32 Å². The van der Waals surface area contributed by atoms with Gasteiger partial charge in [0.15, 0.2) is 5.13 Å². The van der Waals surface area contributed by atoms with Crippen molar-refractivity contribution in [1.29, 1.82) is 0 Å². The Bertz CT molecular complexity index is 848. The van der Waals surface area contributed by atoms with Gasteiger partial charge in [-0.3, -0.25) is 5.32 Å². The van der Waals surface area contributed by atoms with E-state index in [0.717, 1.165) is 17.7 Å². The highest BCUT2D eigenvalue weighted by Crippen LogP contribution is 2.40. The van der Waals surface area contributed by atoms with Crippen LogP contribution in [0.4, 0.5) is 9.93 Å². The quantitative estimate of drug-likeness (QED) is 0.717. The third kappa shape index (κ3) is 4.06. The molecule has 2 atom stereocenters. The van der Waals surface area contributed by atoms with Gasteiger partial charge in [-0.15, -0.1) is 11.3 Å². The van der Waals surface area contributed by atoms with Crippen LogP contribution in [0.3, 0.4) is 0 Å². The van der Waals surface area contributed by atoms with E-state index >= 15 is 0 Å². The van der Waals surface area contributed by atoms with Gasteiger partial charge in [0.2, 0.25) is 0 Å². The Hall–Kier alpha value is -2.66. The Morgan fingerprint density at radius 1 is 1.08 bits per heavy atom. The van der Waals surface area contributed by atoms with E-state index in [1.807, 2.05) is 42.6 Å². The molecule has 2 N–H and O–H groups in total. The fourth-order valence-corrected chi connectivity index (χ4v) is 3.81. The number of nitrogens with one attached hydrogen (secondary N) is 2. The average molecular weight is 349 g/mol. The van der Waals surface area contributed by atoms with Crippen LogP contribution in [0.15, 0.2) is 66.9 Å². The van der Waals surface area contributed by atoms with Gasteiger partial charge >= 0.3 is 6.03 Å². The lowest BCUT2D eigenvalue weighted by molar-refractivity contribution is 0.251. The fourth-order valence-electron chi connectivity index (χ4n) is 2.97. The molecule has 5 heteroatoms. The second-order valence-corrected chi connectivity index (χ2v) is 7.37. The van der Waals surface area contributed by atoms with E-state index in [0.29, 0.717) is 11.0 Å². The lowest BCUT2D eigenvalue weighted by Crippen LogP contribution is -2.31. The highest BCUT2D eigenvalue weighted by atomic mass is 32.1. The minimum Gasteiger partial charge on any atom is -0.334 e. The predicted octanol–water partition coefficient (Wildman–Crippen LogP) is 4.41. The number of urea groups is 1. The van der Waals surface area contributed by atoms with Crippen molar-refractivity contribution in [2.24, 2.45) is 0 Å². The summed E-state index contributed by atoms with van der Waals surface area (Å²) in [5.74, 6) is 0.428. The van der Waals surface area contributed by atoms with Gasteiger partial charge in [-0.25, -0.2) is 9.78 Å². The second-order valence-electron chi connectivity index (χ2n) is 6.25. The van der Waals surface area contributed by atoms with Crippen molar-refractivity contribution in [3.05, 3.63) is 82.9 Å². The second kappa shape index (κ2) is 7.07. The van der Waals surface area contributed by atoms with E-state index in [-0.39, 0.29) is 12.1 Å². The summed E-state index contributed by atoms with van der Waals surface area (Å²) in [6.45, 7) is 0. The molecule has 1 aliphatic carbocycles. The first kappa shape index (κ1) is 15.8. The molecule has 4 nitrogen and oxygen atoms in total. The molecule has 0 radical (unpaired) electrons. The SMILES string of the molecule is O=C(Nc1ncc(Cc2ccccc2)s1)N[C@@H]1C[C@H]1c1ccccc1. The van der Waals surface area contributed by atoms with E-state index in [2.05, 4.69) is 39.9 Å². The zero-order valence-corrected chi connectivity index (χ0v) is 14.5. The molecule has 126 valence electrons. The molecule has 2 aromatic carbocycles. The Kier molecular flexibility index (Phi) is 4.48. The molecular formula is C20H19N3OS. The van der Waals surface area contributed by atoms with Gasteiger partial charge in [-0.2, -0.15) is 0 Å². The molecule has 1 aromatic heterocycles. The summed E-state index contributed by atoms with van der Waals surface area (Å²) in [7, 11) is 0. The molecule has 0 spiro atoms. The van der Waals surface area contributed by atoms with Crippen molar-refractivity contribution < 1.29 is 4.79 Å². The van der Waals surface area contributed by atoms with Crippen LogP contribution in [0.5, 0.6) is 0 Å². The van der Waals surface area contributed by atoms with Gasteiger partial charge in [0.1, 0.15) is 0 Å². The number of nitrogens with zero attached hydrogens (tertiary/aromatic N) is 1. The molecule has 25 heavy (non-hydrogen) atoms. The van der Waals surface area contributed by atoms with Crippen LogP contribution < -0.4 is 10.6 Å². The van der Waals surface area contributed by atoms with Gasteiger partial charge in [-0.05, 0) is 17.5 Å². The monoisotopic (exact) mass is 349 g/mol. The van der Waals surface area contributed by atoms with Crippen LogP contribution >= 0.6 is 11.3 Å². The first-order valence-corrected chi connectivity index (χ1v) is 9.21. The minimum atomic E-state index is -0.177. The topological polar surface area (TPSA) is 54.0 Å². The number of amides is 2. The number of hydrogen-bond acceptors (Lipinski definition) is 3. The highest BCUT2D eigenvalue weighted by Gasteiger charge is 2.39. The molecule has 1 saturated carbocycles. The number of carbonyl (C=O) groups is 1. The first-order valence-electron chi connectivity index (χ1n) is 8.39. The van der Waals surface area contributed by atoms with E-state index < -0.39 is 0 Å². The molecule has 3 aromatic rings. The van der Waals surface area contributed by atoms with E-state index in [4.69, 9.17) is 0 Å². The zero-order chi connectivity index (χ0) is 17.1. The Balaban J connectivity index is 1.29. The molecule has 0 bridgehead atoms. The molecule has 4 rings (SSSR count). The van der Waals surface area contributed by atoms with Crippen LogP contribution in [0.25, 0.3) is 0 Å². The summed E-state index contributed by atoms with van der Waals surface area (Å²) < 4.78 is 0. The lowest BCUT2D eigenvalue weighted by atomic mass is 10.1. The standard InChI is InChI=1S/C20H19N3OS/c24-19(22-18-12-17(18)15-9-5-2-6-10-15)23-20-21-13-16(25-20)11-14-7-3-1-4-8-14/h1-10,13,17-18H,11-12H2,(H2,21,22,23,24)/t17-,18+/m0/s1. The molecular weight excluding hydrogens is 330 g/mol. The van der Waals surface area contributed by atoms with Gasteiger partial charge in [0, 0.05) is 29.5 Å². The summed E-state index contributed by atoms with van der Waals surface area (Å²) in [6.07, 6.45) is 3.66. The van der Waals surface area contributed by atoms with Crippen LogP contribution in [-0.2, 0) is 6.42 Å². The fraction of sp³-hybridized carbons (Fsp3) is 0.200. The number of benzene rings is 2. The number of anilines is 1. The largest absolute Gasteiger partial charge is 0.334 e. The molecule has 1 aliphatic rings. The number of carbonyl (C=O) groups excluding carboxylic acids is 1. The van der Waals surface area contributed by atoms with Crippen LogP contribution in [0, 0.1) is 0 Å². The van der Waals surface area contributed by atoms with E-state index in [9.17, 15) is 4.79 Å². The summed E-state index contributed by atoms with van der Waals surface area (Å²) >= 11 is 1.52. The van der Waals surface area contributed by atoms with Crippen molar-refractivity contribution in [3.63, 3.8) is 0 Å². The summed E-state index contributed by atoms with van der Waals surface area (Å²) in [6, 6.07) is 20.6. The summed E-state index contributed by atoms with van der Waals surface area (Å²) in [4.78, 5) is 17.6. The van der Waals surface area contributed by atoms with Crippen LogP contribution in [0.1, 0.15) is 28.3 Å². The molecule has 1 fully saturated rings. The van der Waals surface area contributed by atoms with Gasteiger partial charge in [-0.1, -0.05) is 60.7 Å². The van der Waals surface area contributed by atoms with Crippen molar-refractivity contribution in [3.8, 4) is 0 Å². The Morgan fingerprint density at radius 3 is 2.56 bits per heavy atom. The van der Waals surface area contributed by atoms with E-state index in [1.54, 1.807) is 0 Å². The molecule has 0 saturated heterocycles. The summed E-state index contributed by atoms with van der Waals surface area (Å²) in [5, 5.41) is 6.51. The normalized spacial score (nSPS) is 18.6. The van der Waals surface area contributed by atoms with Crippen molar-refractivity contribution in [2.45, 2.75) is 24.8 Å². The average Bonchev–Trinajstić information content (AvgIpc) is 3.26. The maximum atomic E-state index is 12.2. The number of hydrogen-bond donors (Lipinski definition) is 2. The maximum absolute atomic E-state index is 12.2. The zero-order valence-electron chi connectivity index (χ0n) is 13.7. The smallest absolute Gasteiger partial charge is 0.321 e. The van der Waals surface area contributed by atoms with Crippen molar-refractivity contribution in [2.75, 3.05) is 5.32 Å². The Labute approximate surface area is 150 Å². The third-order valence-electron chi connectivity index (χ3n) is 4.33.